The number of para-hydroxylation sites is 1. The summed E-state index contributed by atoms with van der Waals surface area (Å²) < 4.78 is 0. The van der Waals surface area contributed by atoms with Crippen LogP contribution in [0.1, 0.15) is 51.6 Å². The van der Waals surface area contributed by atoms with Crippen LogP contribution in [0.15, 0.2) is 36.5 Å². The molecule has 0 unspecified atom stereocenters. The number of aryl methyl sites for hydroxylation is 1. The molecular weight excluding hydrogens is 234 g/mol. The number of rotatable bonds is 5. The van der Waals surface area contributed by atoms with E-state index in [9.17, 15) is 0 Å². The van der Waals surface area contributed by atoms with Gasteiger partial charge in [0.2, 0.25) is 0 Å². The van der Waals surface area contributed by atoms with E-state index in [2.05, 4.69) is 24.0 Å². The molecule has 0 amide bonds. The predicted molar refractivity (Wildman–Crippen MR) is 80.5 cm³/mol. The van der Waals surface area contributed by atoms with Crippen LogP contribution in [0.2, 0.25) is 0 Å². The van der Waals surface area contributed by atoms with Gasteiger partial charge in [-0.05, 0) is 19.1 Å². The minimum atomic E-state index is 0.929. The average molecular weight is 259 g/mol. The smallest absolute Gasteiger partial charge is 0.0856 e. The molecule has 0 saturated heterocycles. The van der Waals surface area contributed by atoms with E-state index in [1.54, 1.807) is 11.0 Å². The Morgan fingerprint density at radius 3 is 2.05 bits per heavy atom. The molecule has 0 aliphatic carbocycles. The maximum absolute atomic E-state index is 4.19. The Labute approximate surface area is 116 Å². The summed E-state index contributed by atoms with van der Waals surface area (Å²) in [6.45, 7) is 6.41. The molecule has 104 valence electrons. The fourth-order valence-electron chi connectivity index (χ4n) is 1.70. The van der Waals surface area contributed by atoms with Gasteiger partial charge >= 0.3 is 0 Å². The normalized spacial score (nSPS) is 9.84. The molecule has 0 radical (unpaired) electrons. The molecule has 1 aromatic carbocycles. The van der Waals surface area contributed by atoms with Crippen LogP contribution >= 0.6 is 0 Å². The molecule has 19 heavy (non-hydrogen) atoms. The van der Waals surface area contributed by atoms with Crippen molar-refractivity contribution in [2.24, 2.45) is 0 Å². The third kappa shape index (κ3) is 6.18. The largest absolute Gasteiger partial charge is 0.157 e. The molecule has 3 nitrogen and oxygen atoms in total. The first-order chi connectivity index (χ1) is 9.27. The van der Waals surface area contributed by atoms with Crippen molar-refractivity contribution in [1.82, 2.24) is 15.0 Å². The summed E-state index contributed by atoms with van der Waals surface area (Å²) in [5.74, 6) is 0. The molecule has 0 spiro atoms. The first kappa shape index (κ1) is 15.4. The number of benzene rings is 1. The average Bonchev–Trinajstić information content (AvgIpc) is 2.88. The highest BCUT2D eigenvalue weighted by Gasteiger charge is 1.96. The Hall–Kier alpha value is -1.64. The molecule has 2 rings (SSSR count). The SMILES string of the molecule is CCCCCCC.Cc1cnn(-c2ccccc2)n1. The highest BCUT2D eigenvalue weighted by atomic mass is 15.5. The molecule has 2 aromatic rings. The Kier molecular flexibility index (Phi) is 7.56. The van der Waals surface area contributed by atoms with Gasteiger partial charge in [-0.25, -0.2) is 0 Å². The van der Waals surface area contributed by atoms with Crippen molar-refractivity contribution in [3.05, 3.63) is 42.2 Å². The lowest BCUT2D eigenvalue weighted by molar-refractivity contribution is 0.656. The van der Waals surface area contributed by atoms with Gasteiger partial charge in [0.1, 0.15) is 0 Å². The lowest BCUT2D eigenvalue weighted by Crippen LogP contribution is -1.97. The molecular formula is C16H25N3. The zero-order valence-corrected chi connectivity index (χ0v) is 12.3. The Morgan fingerprint density at radius 1 is 0.947 bits per heavy atom. The predicted octanol–water partition coefficient (Wildman–Crippen LogP) is 4.55. The lowest BCUT2D eigenvalue weighted by Gasteiger charge is -1.96. The quantitative estimate of drug-likeness (QED) is 0.737. The van der Waals surface area contributed by atoms with Crippen molar-refractivity contribution >= 4 is 0 Å². The minimum Gasteiger partial charge on any atom is -0.157 e. The van der Waals surface area contributed by atoms with Gasteiger partial charge in [-0.2, -0.15) is 15.0 Å². The Balaban J connectivity index is 0.000000224. The van der Waals surface area contributed by atoms with Crippen LogP contribution in [-0.4, -0.2) is 15.0 Å². The van der Waals surface area contributed by atoms with Crippen LogP contribution < -0.4 is 0 Å². The van der Waals surface area contributed by atoms with Gasteiger partial charge < -0.3 is 0 Å². The van der Waals surface area contributed by atoms with Gasteiger partial charge in [-0.15, -0.1) is 0 Å². The second kappa shape index (κ2) is 9.31. The van der Waals surface area contributed by atoms with Crippen LogP contribution in [0.4, 0.5) is 0 Å². The molecule has 3 heteroatoms. The van der Waals surface area contributed by atoms with E-state index < -0.39 is 0 Å². The number of nitrogens with zero attached hydrogens (tertiary/aromatic N) is 3. The standard InChI is InChI=1S/C9H9N3.C7H16/c1-8-7-10-12(11-8)9-5-3-2-4-6-9;1-3-5-7-6-4-2/h2-7H,1H3;3-7H2,1-2H3. The number of aromatic nitrogens is 3. The fraction of sp³-hybridized carbons (Fsp3) is 0.500. The molecule has 0 atom stereocenters. The molecule has 1 aromatic heterocycles. The summed E-state index contributed by atoms with van der Waals surface area (Å²) in [4.78, 5) is 1.62. The molecule has 0 aliphatic rings. The molecule has 1 heterocycles. The molecule has 0 fully saturated rings. The van der Waals surface area contributed by atoms with E-state index >= 15 is 0 Å². The molecule has 0 aliphatic heterocycles. The van der Waals surface area contributed by atoms with E-state index in [1.165, 1.54) is 32.1 Å². The second-order valence-electron chi connectivity index (χ2n) is 4.67. The van der Waals surface area contributed by atoms with Crippen molar-refractivity contribution in [3.63, 3.8) is 0 Å². The van der Waals surface area contributed by atoms with Crippen LogP contribution in [-0.2, 0) is 0 Å². The molecule has 0 saturated carbocycles. The molecule has 0 N–H and O–H groups in total. The highest BCUT2D eigenvalue weighted by molar-refractivity contribution is 5.28. The fourth-order valence-corrected chi connectivity index (χ4v) is 1.70. The van der Waals surface area contributed by atoms with E-state index in [1.807, 2.05) is 37.3 Å². The van der Waals surface area contributed by atoms with Crippen LogP contribution in [0.3, 0.4) is 0 Å². The maximum Gasteiger partial charge on any atom is 0.0856 e. The summed E-state index contributed by atoms with van der Waals surface area (Å²) in [5.41, 5.74) is 1.92. The van der Waals surface area contributed by atoms with Crippen LogP contribution in [0.5, 0.6) is 0 Å². The number of unbranched alkanes of at least 4 members (excludes halogenated alkanes) is 4. The first-order valence-corrected chi connectivity index (χ1v) is 7.22. The third-order valence-electron chi connectivity index (χ3n) is 2.80. The van der Waals surface area contributed by atoms with Gasteiger partial charge in [-0.1, -0.05) is 64.2 Å². The minimum absolute atomic E-state index is 0.929. The van der Waals surface area contributed by atoms with E-state index in [-0.39, 0.29) is 0 Å². The zero-order valence-electron chi connectivity index (χ0n) is 12.3. The van der Waals surface area contributed by atoms with Gasteiger partial charge in [0.05, 0.1) is 17.6 Å². The van der Waals surface area contributed by atoms with E-state index in [0.29, 0.717) is 0 Å². The van der Waals surface area contributed by atoms with Crippen molar-refractivity contribution in [2.45, 2.75) is 52.9 Å². The Morgan fingerprint density at radius 2 is 1.58 bits per heavy atom. The number of hydrogen-bond donors (Lipinski definition) is 0. The lowest BCUT2D eigenvalue weighted by atomic mass is 10.2. The Bertz CT molecular complexity index is 430. The zero-order chi connectivity index (χ0) is 13.9. The summed E-state index contributed by atoms with van der Waals surface area (Å²) in [7, 11) is 0. The monoisotopic (exact) mass is 259 g/mol. The summed E-state index contributed by atoms with van der Waals surface area (Å²) in [6, 6.07) is 9.85. The van der Waals surface area contributed by atoms with E-state index in [4.69, 9.17) is 0 Å². The van der Waals surface area contributed by atoms with Gasteiger partial charge in [0.25, 0.3) is 0 Å². The topological polar surface area (TPSA) is 30.7 Å². The summed E-state index contributed by atoms with van der Waals surface area (Å²) >= 11 is 0. The van der Waals surface area contributed by atoms with E-state index in [0.717, 1.165) is 11.4 Å². The summed E-state index contributed by atoms with van der Waals surface area (Å²) in [5, 5.41) is 8.28. The maximum atomic E-state index is 4.19. The second-order valence-corrected chi connectivity index (χ2v) is 4.67. The number of hydrogen-bond acceptors (Lipinski definition) is 2. The van der Waals surface area contributed by atoms with Crippen LogP contribution in [0.25, 0.3) is 5.69 Å². The van der Waals surface area contributed by atoms with Gasteiger partial charge in [0.15, 0.2) is 0 Å². The van der Waals surface area contributed by atoms with Gasteiger partial charge in [-0.3, -0.25) is 0 Å². The van der Waals surface area contributed by atoms with Crippen molar-refractivity contribution in [1.29, 1.82) is 0 Å². The summed E-state index contributed by atoms with van der Waals surface area (Å²) in [6.07, 6.45) is 8.75. The van der Waals surface area contributed by atoms with Crippen molar-refractivity contribution in [2.75, 3.05) is 0 Å². The van der Waals surface area contributed by atoms with Crippen molar-refractivity contribution in [3.8, 4) is 5.69 Å². The third-order valence-corrected chi connectivity index (χ3v) is 2.80. The van der Waals surface area contributed by atoms with Crippen molar-refractivity contribution < 1.29 is 0 Å². The first-order valence-electron chi connectivity index (χ1n) is 7.22. The van der Waals surface area contributed by atoms with Gasteiger partial charge in [0, 0.05) is 0 Å². The van der Waals surface area contributed by atoms with Crippen LogP contribution in [0, 0.1) is 6.92 Å². The highest BCUT2D eigenvalue weighted by Crippen LogP contribution is 2.03. The molecule has 0 bridgehead atoms.